The summed E-state index contributed by atoms with van der Waals surface area (Å²) in [6.45, 7) is 3.44. The van der Waals surface area contributed by atoms with E-state index in [4.69, 9.17) is 39.5 Å². The number of nitrogens with zero attached hydrogens (tertiary/aromatic N) is 1. The molecule has 0 aliphatic rings. The number of nitrogens with one attached hydrogen (secondary N) is 1. The van der Waals surface area contributed by atoms with Gasteiger partial charge in [0.05, 0.1) is 21.8 Å². The van der Waals surface area contributed by atoms with Gasteiger partial charge >= 0.3 is 5.97 Å². The van der Waals surface area contributed by atoms with Crippen LogP contribution in [0.5, 0.6) is 0 Å². The second kappa shape index (κ2) is 7.83. The maximum absolute atomic E-state index is 12.3. The lowest BCUT2D eigenvalue weighted by atomic mass is 10.2. The maximum atomic E-state index is 12.3. The Hall–Kier alpha value is -1.82. The summed E-state index contributed by atoms with van der Waals surface area (Å²) in [4.78, 5) is 28.2. The molecule has 24 heavy (non-hydrogen) atoms. The Kier molecular flexibility index (Phi) is 6.04. The number of esters is 1. The Labute approximate surface area is 153 Å². The highest BCUT2D eigenvalue weighted by Gasteiger charge is 2.17. The molecule has 0 atom stereocenters. The molecule has 0 saturated heterocycles. The van der Waals surface area contributed by atoms with Gasteiger partial charge in [-0.3, -0.25) is 4.79 Å². The molecule has 8 heteroatoms. The van der Waals surface area contributed by atoms with Crippen LogP contribution in [-0.4, -0.2) is 23.0 Å². The first-order valence-corrected chi connectivity index (χ1v) is 8.05. The number of benzene rings is 1. The van der Waals surface area contributed by atoms with E-state index in [1.54, 1.807) is 13.8 Å². The largest absolute Gasteiger partial charge is 0.458 e. The number of carbonyl (C=O) groups excluding carboxylic acids is 2. The molecule has 5 nitrogen and oxygen atoms in total. The number of carbonyl (C=O) groups is 2. The van der Waals surface area contributed by atoms with Crippen molar-refractivity contribution in [2.45, 2.75) is 20.0 Å². The molecule has 2 aromatic rings. The smallest absolute Gasteiger partial charge is 0.357 e. The molecule has 1 aromatic carbocycles. The monoisotopic (exact) mass is 386 g/mol. The van der Waals surface area contributed by atoms with Crippen LogP contribution in [0.15, 0.2) is 30.3 Å². The van der Waals surface area contributed by atoms with Crippen LogP contribution in [0.3, 0.4) is 0 Å². The van der Waals surface area contributed by atoms with Gasteiger partial charge in [-0.2, -0.15) is 0 Å². The Balaban J connectivity index is 2.24. The molecule has 126 valence electrons. The molecule has 1 N–H and O–H groups in total. The third-order valence-electron chi connectivity index (χ3n) is 2.78. The average Bonchev–Trinajstić information content (AvgIpc) is 2.50. The number of aromatic nitrogens is 1. The van der Waals surface area contributed by atoms with Crippen molar-refractivity contribution in [3.8, 4) is 0 Å². The van der Waals surface area contributed by atoms with Gasteiger partial charge < -0.3 is 10.1 Å². The zero-order chi connectivity index (χ0) is 17.9. The average molecular weight is 388 g/mol. The predicted molar refractivity (Wildman–Crippen MR) is 94.2 cm³/mol. The SMILES string of the molecule is CC(C)OC(=O)c1cccc(C(=O)Nc2c(Cl)cc(Cl)cc2Cl)n1. The van der Waals surface area contributed by atoms with Crippen molar-refractivity contribution in [1.29, 1.82) is 0 Å². The first-order chi connectivity index (χ1) is 11.3. The topological polar surface area (TPSA) is 68.3 Å². The van der Waals surface area contributed by atoms with Gasteiger partial charge in [0, 0.05) is 5.02 Å². The lowest BCUT2D eigenvalue weighted by Crippen LogP contribution is -2.18. The molecule has 0 spiro atoms. The number of anilines is 1. The van der Waals surface area contributed by atoms with Crippen LogP contribution in [-0.2, 0) is 4.74 Å². The highest BCUT2D eigenvalue weighted by molar-refractivity contribution is 6.42. The van der Waals surface area contributed by atoms with Gasteiger partial charge in [-0.25, -0.2) is 9.78 Å². The minimum absolute atomic E-state index is 0.0234. The lowest BCUT2D eigenvalue weighted by Gasteiger charge is -2.10. The molecule has 0 unspecified atom stereocenters. The number of amides is 1. The van der Waals surface area contributed by atoms with Crippen molar-refractivity contribution in [1.82, 2.24) is 4.98 Å². The van der Waals surface area contributed by atoms with Crippen LogP contribution < -0.4 is 5.32 Å². The molecule has 1 amide bonds. The van der Waals surface area contributed by atoms with E-state index in [-0.39, 0.29) is 33.2 Å². The first-order valence-electron chi connectivity index (χ1n) is 6.92. The fraction of sp³-hybridized carbons (Fsp3) is 0.188. The van der Waals surface area contributed by atoms with Crippen LogP contribution in [0.25, 0.3) is 0 Å². The molecule has 0 aliphatic heterocycles. The van der Waals surface area contributed by atoms with E-state index in [1.807, 2.05) is 0 Å². The fourth-order valence-electron chi connectivity index (χ4n) is 1.79. The summed E-state index contributed by atoms with van der Waals surface area (Å²) in [5.74, 6) is -1.18. The molecule has 0 fully saturated rings. The summed E-state index contributed by atoms with van der Waals surface area (Å²) in [6.07, 6.45) is -0.288. The van der Waals surface area contributed by atoms with Crippen LogP contribution in [0.1, 0.15) is 34.8 Å². The van der Waals surface area contributed by atoms with Gasteiger partial charge in [-0.15, -0.1) is 0 Å². The van der Waals surface area contributed by atoms with Gasteiger partial charge in [-0.05, 0) is 38.1 Å². The molecule has 1 heterocycles. The predicted octanol–water partition coefficient (Wildman–Crippen LogP) is 4.86. The van der Waals surface area contributed by atoms with Crippen molar-refractivity contribution >= 4 is 52.4 Å². The Morgan fingerprint density at radius 1 is 1.08 bits per heavy atom. The zero-order valence-corrected chi connectivity index (χ0v) is 15.0. The summed E-state index contributed by atoms with van der Waals surface area (Å²) in [5, 5.41) is 3.28. The Morgan fingerprint density at radius 2 is 1.67 bits per heavy atom. The highest BCUT2D eigenvalue weighted by atomic mass is 35.5. The van der Waals surface area contributed by atoms with Crippen LogP contribution in [0.4, 0.5) is 5.69 Å². The third-order valence-corrected chi connectivity index (χ3v) is 3.59. The van der Waals surface area contributed by atoms with E-state index < -0.39 is 11.9 Å². The second-order valence-corrected chi connectivity index (χ2v) is 6.31. The number of ether oxygens (including phenoxy) is 1. The van der Waals surface area contributed by atoms with E-state index in [9.17, 15) is 9.59 Å². The molecular formula is C16H13Cl3N2O3. The second-order valence-electron chi connectivity index (χ2n) is 5.06. The quantitative estimate of drug-likeness (QED) is 0.761. The summed E-state index contributed by atoms with van der Waals surface area (Å²) in [7, 11) is 0. The summed E-state index contributed by atoms with van der Waals surface area (Å²) in [6, 6.07) is 7.36. The standard InChI is InChI=1S/C16H13Cl3N2O3/c1-8(2)24-16(23)13-5-3-4-12(20-13)15(22)21-14-10(18)6-9(17)7-11(14)19/h3-8H,1-2H3,(H,21,22). The van der Waals surface area contributed by atoms with E-state index in [2.05, 4.69) is 10.3 Å². The third kappa shape index (κ3) is 4.60. The van der Waals surface area contributed by atoms with Gasteiger partial charge in [-0.1, -0.05) is 40.9 Å². The summed E-state index contributed by atoms with van der Waals surface area (Å²) in [5.41, 5.74) is 0.268. The minimum Gasteiger partial charge on any atom is -0.458 e. The molecule has 0 saturated carbocycles. The van der Waals surface area contributed by atoms with Crippen molar-refractivity contribution in [3.63, 3.8) is 0 Å². The summed E-state index contributed by atoms with van der Waals surface area (Å²) >= 11 is 17.9. The van der Waals surface area contributed by atoms with Crippen molar-refractivity contribution < 1.29 is 14.3 Å². The highest BCUT2D eigenvalue weighted by Crippen LogP contribution is 2.33. The van der Waals surface area contributed by atoms with Crippen LogP contribution in [0, 0.1) is 0 Å². The summed E-state index contributed by atoms with van der Waals surface area (Å²) < 4.78 is 5.05. The van der Waals surface area contributed by atoms with Crippen LogP contribution in [0.2, 0.25) is 15.1 Å². The van der Waals surface area contributed by atoms with E-state index in [0.29, 0.717) is 5.02 Å². The van der Waals surface area contributed by atoms with Gasteiger partial charge in [0.15, 0.2) is 0 Å². The fourth-order valence-corrected chi connectivity index (χ4v) is 2.70. The Bertz CT molecular complexity index is 771. The number of pyridine rings is 1. The van der Waals surface area contributed by atoms with E-state index in [0.717, 1.165) is 0 Å². The van der Waals surface area contributed by atoms with Gasteiger partial charge in [0.25, 0.3) is 5.91 Å². The van der Waals surface area contributed by atoms with Crippen LogP contribution >= 0.6 is 34.8 Å². The lowest BCUT2D eigenvalue weighted by molar-refractivity contribution is 0.0371. The van der Waals surface area contributed by atoms with Crippen molar-refractivity contribution in [3.05, 3.63) is 56.8 Å². The molecule has 0 aliphatic carbocycles. The maximum Gasteiger partial charge on any atom is 0.357 e. The molecule has 0 bridgehead atoms. The molecule has 0 radical (unpaired) electrons. The van der Waals surface area contributed by atoms with Crippen molar-refractivity contribution in [2.75, 3.05) is 5.32 Å². The van der Waals surface area contributed by atoms with Crippen molar-refractivity contribution in [2.24, 2.45) is 0 Å². The number of hydrogen-bond donors (Lipinski definition) is 1. The number of halogens is 3. The Morgan fingerprint density at radius 3 is 2.25 bits per heavy atom. The first kappa shape index (κ1) is 18.5. The number of rotatable bonds is 4. The normalized spacial score (nSPS) is 10.6. The molecule has 1 aromatic heterocycles. The number of hydrogen-bond acceptors (Lipinski definition) is 4. The molecular weight excluding hydrogens is 375 g/mol. The van der Waals surface area contributed by atoms with E-state index in [1.165, 1.54) is 30.3 Å². The van der Waals surface area contributed by atoms with E-state index >= 15 is 0 Å². The van der Waals surface area contributed by atoms with Gasteiger partial charge in [0.1, 0.15) is 11.4 Å². The molecule has 2 rings (SSSR count). The zero-order valence-electron chi connectivity index (χ0n) is 12.8. The minimum atomic E-state index is -0.609. The van der Waals surface area contributed by atoms with Gasteiger partial charge in [0.2, 0.25) is 0 Å².